The molecule has 2 unspecified atom stereocenters. The van der Waals surface area contributed by atoms with E-state index in [-0.39, 0.29) is 0 Å². The molecule has 1 aromatic carbocycles. The summed E-state index contributed by atoms with van der Waals surface area (Å²) >= 11 is 3.56. The Kier molecular flexibility index (Phi) is 4.87. The standard InChI is InChI=1S/C16H21BrN2/c1-11(2)13-5-3-4-6-15(13)19-16-8-7-12(10-18)9-14(16)17/h7-9,11,13,15,19H,3-6H2,1-2H3. The van der Waals surface area contributed by atoms with Crippen molar-refractivity contribution in [2.24, 2.45) is 11.8 Å². The first-order chi connectivity index (χ1) is 9.11. The van der Waals surface area contributed by atoms with Crippen LogP contribution in [0.1, 0.15) is 45.1 Å². The maximum Gasteiger partial charge on any atom is 0.0992 e. The molecule has 3 heteroatoms. The fourth-order valence-electron chi connectivity index (χ4n) is 3.04. The van der Waals surface area contributed by atoms with Gasteiger partial charge >= 0.3 is 0 Å². The summed E-state index contributed by atoms with van der Waals surface area (Å²) in [5.74, 6) is 1.46. The second-order valence-electron chi connectivity index (χ2n) is 5.75. The van der Waals surface area contributed by atoms with E-state index >= 15 is 0 Å². The number of nitrogens with zero attached hydrogens (tertiary/aromatic N) is 1. The molecule has 0 aromatic heterocycles. The summed E-state index contributed by atoms with van der Waals surface area (Å²) in [4.78, 5) is 0. The number of benzene rings is 1. The molecule has 1 N–H and O–H groups in total. The molecule has 1 saturated carbocycles. The average Bonchev–Trinajstić information content (AvgIpc) is 2.41. The second-order valence-corrected chi connectivity index (χ2v) is 6.60. The average molecular weight is 321 g/mol. The van der Waals surface area contributed by atoms with E-state index in [0.717, 1.165) is 22.0 Å². The molecule has 102 valence electrons. The predicted molar refractivity (Wildman–Crippen MR) is 83.1 cm³/mol. The van der Waals surface area contributed by atoms with Gasteiger partial charge in [-0.25, -0.2) is 0 Å². The maximum absolute atomic E-state index is 8.90. The smallest absolute Gasteiger partial charge is 0.0992 e. The maximum atomic E-state index is 8.90. The topological polar surface area (TPSA) is 35.8 Å². The van der Waals surface area contributed by atoms with Crippen LogP contribution in [0.2, 0.25) is 0 Å². The molecule has 2 nitrogen and oxygen atoms in total. The molecule has 0 aliphatic heterocycles. The van der Waals surface area contributed by atoms with Gasteiger partial charge in [-0.3, -0.25) is 0 Å². The summed E-state index contributed by atoms with van der Waals surface area (Å²) in [6, 6.07) is 8.49. The third-order valence-electron chi connectivity index (χ3n) is 4.11. The predicted octanol–water partition coefficient (Wildman–Crippen LogP) is 4.95. The van der Waals surface area contributed by atoms with Crippen molar-refractivity contribution in [2.45, 2.75) is 45.6 Å². The van der Waals surface area contributed by atoms with Crippen molar-refractivity contribution in [2.75, 3.05) is 5.32 Å². The first-order valence-electron chi connectivity index (χ1n) is 7.08. The van der Waals surface area contributed by atoms with Crippen LogP contribution < -0.4 is 5.32 Å². The molecular weight excluding hydrogens is 300 g/mol. The van der Waals surface area contributed by atoms with Crippen LogP contribution in [0.25, 0.3) is 0 Å². The van der Waals surface area contributed by atoms with Gasteiger partial charge in [0, 0.05) is 16.2 Å². The van der Waals surface area contributed by atoms with Crippen LogP contribution in [0.3, 0.4) is 0 Å². The highest BCUT2D eigenvalue weighted by Gasteiger charge is 2.27. The van der Waals surface area contributed by atoms with Crippen LogP contribution in [-0.4, -0.2) is 6.04 Å². The van der Waals surface area contributed by atoms with Crippen LogP contribution >= 0.6 is 15.9 Å². The van der Waals surface area contributed by atoms with E-state index in [4.69, 9.17) is 5.26 Å². The van der Waals surface area contributed by atoms with Crippen molar-refractivity contribution in [3.8, 4) is 6.07 Å². The fraction of sp³-hybridized carbons (Fsp3) is 0.562. The minimum atomic E-state index is 0.554. The Morgan fingerprint density at radius 2 is 2.05 bits per heavy atom. The van der Waals surface area contributed by atoms with E-state index in [9.17, 15) is 0 Å². The van der Waals surface area contributed by atoms with Gasteiger partial charge in [0.05, 0.1) is 11.6 Å². The molecule has 2 atom stereocenters. The molecule has 0 amide bonds. The zero-order chi connectivity index (χ0) is 13.8. The van der Waals surface area contributed by atoms with Crippen LogP contribution in [0.5, 0.6) is 0 Å². The normalized spacial score (nSPS) is 23.1. The first kappa shape index (κ1) is 14.4. The largest absolute Gasteiger partial charge is 0.381 e. The summed E-state index contributed by atoms with van der Waals surface area (Å²) in [7, 11) is 0. The highest BCUT2D eigenvalue weighted by atomic mass is 79.9. The third-order valence-corrected chi connectivity index (χ3v) is 4.77. The molecule has 0 saturated heterocycles. The Balaban J connectivity index is 2.13. The van der Waals surface area contributed by atoms with Crippen molar-refractivity contribution in [1.82, 2.24) is 0 Å². The molecule has 0 heterocycles. The summed E-state index contributed by atoms with van der Waals surface area (Å²) < 4.78 is 0.986. The first-order valence-corrected chi connectivity index (χ1v) is 7.87. The zero-order valence-corrected chi connectivity index (χ0v) is 13.2. The monoisotopic (exact) mass is 320 g/mol. The lowest BCUT2D eigenvalue weighted by Gasteiger charge is -2.35. The second kappa shape index (κ2) is 6.43. The lowest BCUT2D eigenvalue weighted by atomic mass is 9.78. The van der Waals surface area contributed by atoms with Crippen LogP contribution in [0, 0.1) is 23.2 Å². The summed E-state index contributed by atoms with van der Waals surface area (Å²) in [5, 5.41) is 12.6. The number of nitriles is 1. The van der Waals surface area contributed by atoms with Gasteiger partial charge < -0.3 is 5.32 Å². The summed E-state index contributed by atoms with van der Waals surface area (Å²) in [5.41, 5.74) is 1.80. The summed E-state index contributed by atoms with van der Waals surface area (Å²) in [6.07, 6.45) is 5.24. The number of rotatable bonds is 3. The molecule has 2 rings (SSSR count). The minimum Gasteiger partial charge on any atom is -0.381 e. The number of nitrogens with one attached hydrogen (secondary N) is 1. The number of anilines is 1. The van der Waals surface area contributed by atoms with Crippen LogP contribution in [-0.2, 0) is 0 Å². The number of hydrogen-bond donors (Lipinski definition) is 1. The van der Waals surface area contributed by atoms with Gasteiger partial charge in [-0.1, -0.05) is 26.7 Å². The van der Waals surface area contributed by atoms with Gasteiger partial charge in [-0.2, -0.15) is 5.26 Å². The van der Waals surface area contributed by atoms with E-state index in [2.05, 4.69) is 41.2 Å². The molecule has 0 spiro atoms. The van der Waals surface area contributed by atoms with Crippen LogP contribution in [0.4, 0.5) is 5.69 Å². The zero-order valence-electron chi connectivity index (χ0n) is 11.6. The van der Waals surface area contributed by atoms with E-state index < -0.39 is 0 Å². The van der Waals surface area contributed by atoms with Gasteiger partial charge in [-0.15, -0.1) is 0 Å². The Labute approximate surface area is 124 Å². The molecule has 1 aromatic rings. The molecule has 0 radical (unpaired) electrons. The highest BCUT2D eigenvalue weighted by molar-refractivity contribution is 9.10. The number of halogens is 1. The fourth-order valence-corrected chi connectivity index (χ4v) is 3.53. The van der Waals surface area contributed by atoms with Gasteiger partial charge in [0.15, 0.2) is 0 Å². The van der Waals surface area contributed by atoms with Crippen molar-refractivity contribution in [3.63, 3.8) is 0 Å². The Morgan fingerprint density at radius 1 is 1.32 bits per heavy atom. The van der Waals surface area contributed by atoms with Gasteiger partial charge in [-0.05, 0) is 58.8 Å². The highest BCUT2D eigenvalue weighted by Crippen LogP contribution is 2.34. The molecule has 1 fully saturated rings. The molecule has 1 aliphatic carbocycles. The quantitative estimate of drug-likeness (QED) is 0.855. The van der Waals surface area contributed by atoms with E-state index in [0.29, 0.717) is 11.6 Å². The Bertz CT molecular complexity index is 476. The van der Waals surface area contributed by atoms with E-state index in [1.165, 1.54) is 25.7 Å². The molecular formula is C16H21BrN2. The van der Waals surface area contributed by atoms with Crippen molar-refractivity contribution in [1.29, 1.82) is 5.26 Å². The van der Waals surface area contributed by atoms with E-state index in [1.54, 1.807) is 0 Å². The number of hydrogen-bond acceptors (Lipinski definition) is 2. The van der Waals surface area contributed by atoms with Gasteiger partial charge in [0.2, 0.25) is 0 Å². The van der Waals surface area contributed by atoms with Gasteiger partial charge in [0.1, 0.15) is 0 Å². The van der Waals surface area contributed by atoms with Crippen molar-refractivity contribution >= 4 is 21.6 Å². The Morgan fingerprint density at radius 3 is 2.68 bits per heavy atom. The summed E-state index contributed by atoms with van der Waals surface area (Å²) in [6.45, 7) is 4.64. The molecule has 19 heavy (non-hydrogen) atoms. The molecule has 0 bridgehead atoms. The van der Waals surface area contributed by atoms with Crippen molar-refractivity contribution in [3.05, 3.63) is 28.2 Å². The lowest BCUT2D eigenvalue weighted by molar-refractivity contribution is 0.254. The van der Waals surface area contributed by atoms with E-state index in [1.807, 2.05) is 18.2 Å². The minimum absolute atomic E-state index is 0.554. The van der Waals surface area contributed by atoms with Crippen molar-refractivity contribution < 1.29 is 0 Å². The third kappa shape index (κ3) is 3.51. The molecule has 1 aliphatic rings. The SMILES string of the molecule is CC(C)C1CCCCC1Nc1ccc(C#N)cc1Br. The lowest BCUT2D eigenvalue weighted by Crippen LogP contribution is -2.35. The Hall–Kier alpha value is -1.01. The van der Waals surface area contributed by atoms with Crippen LogP contribution in [0.15, 0.2) is 22.7 Å². The van der Waals surface area contributed by atoms with Gasteiger partial charge in [0.25, 0.3) is 0 Å².